The van der Waals surface area contributed by atoms with Crippen LogP contribution in [0.3, 0.4) is 0 Å². The molecule has 3 aromatic heterocycles. The Morgan fingerprint density at radius 2 is 2.16 bits per heavy atom. The van der Waals surface area contributed by atoms with Crippen molar-refractivity contribution in [3.8, 4) is 11.3 Å². The Labute approximate surface area is 143 Å². The molecule has 25 heavy (non-hydrogen) atoms. The predicted octanol–water partition coefficient (Wildman–Crippen LogP) is 1.74. The number of amides is 1. The number of aromatic amines is 2. The lowest BCUT2D eigenvalue weighted by molar-refractivity contribution is -0.116. The maximum atomic E-state index is 12.1. The fraction of sp³-hybridized carbons (Fsp3) is 0.235. The Kier molecular flexibility index (Phi) is 4.69. The number of nitrogens with one attached hydrogen (secondary N) is 3. The zero-order valence-electron chi connectivity index (χ0n) is 14.0. The van der Waals surface area contributed by atoms with Crippen molar-refractivity contribution in [1.29, 1.82) is 0 Å². The molecular formula is C17H18N6O2. The van der Waals surface area contributed by atoms with Crippen molar-refractivity contribution in [3.63, 3.8) is 0 Å². The van der Waals surface area contributed by atoms with Gasteiger partial charge in [0.1, 0.15) is 5.82 Å². The fourth-order valence-electron chi connectivity index (χ4n) is 2.55. The maximum absolute atomic E-state index is 12.1. The van der Waals surface area contributed by atoms with Crippen molar-refractivity contribution >= 4 is 11.7 Å². The van der Waals surface area contributed by atoms with Gasteiger partial charge in [-0.1, -0.05) is 0 Å². The molecule has 0 aliphatic carbocycles. The average molecular weight is 338 g/mol. The maximum Gasteiger partial charge on any atom is 0.254 e. The molecule has 3 heterocycles. The third kappa shape index (κ3) is 3.97. The van der Waals surface area contributed by atoms with Gasteiger partial charge in [-0.2, -0.15) is 5.10 Å². The highest BCUT2D eigenvalue weighted by atomic mass is 16.1. The van der Waals surface area contributed by atoms with Crippen molar-refractivity contribution in [3.05, 3.63) is 58.0 Å². The number of rotatable bonds is 5. The van der Waals surface area contributed by atoms with Crippen molar-refractivity contribution in [2.45, 2.75) is 26.7 Å². The van der Waals surface area contributed by atoms with Gasteiger partial charge in [0.2, 0.25) is 5.91 Å². The SMILES string of the molecule is Cc1nc(C)c(CCC(=O)Nc2cc(-c3cccnc3)[nH]n2)c(=O)[nH]1. The summed E-state index contributed by atoms with van der Waals surface area (Å²) < 4.78 is 0. The highest BCUT2D eigenvalue weighted by Crippen LogP contribution is 2.18. The van der Waals surface area contributed by atoms with Gasteiger partial charge in [-0.15, -0.1) is 0 Å². The summed E-state index contributed by atoms with van der Waals surface area (Å²) >= 11 is 0. The average Bonchev–Trinajstić information content (AvgIpc) is 3.03. The van der Waals surface area contributed by atoms with Gasteiger partial charge in [-0.05, 0) is 32.4 Å². The van der Waals surface area contributed by atoms with E-state index in [1.54, 1.807) is 32.3 Å². The normalized spacial score (nSPS) is 10.6. The number of anilines is 1. The summed E-state index contributed by atoms with van der Waals surface area (Å²) in [6.07, 6.45) is 3.88. The van der Waals surface area contributed by atoms with Crippen LogP contribution in [0.1, 0.15) is 23.5 Å². The Hall–Kier alpha value is -3.29. The number of carbonyl (C=O) groups is 1. The molecule has 3 rings (SSSR count). The first-order valence-electron chi connectivity index (χ1n) is 7.85. The van der Waals surface area contributed by atoms with Crippen LogP contribution in [0.4, 0.5) is 5.82 Å². The van der Waals surface area contributed by atoms with Crippen molar-refractivity contribution in [2.24, 2.45) is 0 Å². The number of hydrogen-bond acceptors (Lipinski definition) is 5. The van der Waals surface area contributed by atoms with Crippen LogP contribution in [0, 0.1) is 13.8 Å². The molecule has 8 heteroatoms. The van der Waals surface area contributed by atoms with E-state index in [0.29, 0.717) is 29.3 Å². The first kappa shape index (κ1) is 16.6. The van der Waals surface area contributed by atoms with E-state index in [2.05, 4.69) is 30.5 Å². The quantitative estimate of drug-likeness (QED) is 0.655. The molecule has 128 valence electrons. The first-order valence-corrected chi connectivity index (χ1v) is 7.85. The van der Waals surface area contributed by atoms with Crippen LogP contribution >= 0.6 is 0 Å². The summed E-state index contributed by atoms with van der Waals surface area (Å²) in [5.41, 5.74) is 2.62. The third-order valence-electron chi connectivity index (χ3n) is 3.76. The molecule has 8 nitrogen and oxygen atoms in total. The van der Waals surface area contributed by atoms with Gasteiger partial charge in [0.25, 0.3) is 5.56 Å². The Morgan fingerprint density at radius 1 is 1.32 bits per heavy atom. The summed E-state index contributed by atoms with van der Waals surface area (Å²) in [6, 6.07) is 5.45. The van der Waals surface area contributed by atoms with Crippen LogP contribution in [0.25, 0.3) is 11.3 Å². The van der Waals surface area contributed by atoms with Crippen LogP contribution in [-0.4, -0.2) is 31.1 Å². The highest BCUT2D eigenvalue weighted by Gasteiger charge is 2.11. The van der Waals surface area contributed by atoms with E-state index in [0.717, 1.165) is 11.3 Å². The molecule has 0 aromatic carbocycles. The number of aryl methyl sites for hydroxylation is 2. The smallest absolute Gasteiger partial charge is 0.254 e. The molecule has 0 saturated carbocycles. The minimum absolute atomic E-state index is 0.170. The fourth-order valence-corrected chi connectivity index (χ4v) is 2.55. The van der Waals surface area contributed by atoms with Crippen LogP contribution < -0.4 is 10.9 Å². The van der Waals surface area contributed by atoms with Crippen molar-refractivity contribution in [1.82, 2.24) is 25.1 Å². The highest BCUT2D eigenvalue weighted by molar-refractivity contribution is 5.90. The minimum atomic E-state index is -0.219. The summed E-state index contributed by atoms with van der Waals surface area (Å²) in [4.78, 5) is 35.0. The lowest BCUT2D eigenvalue weighted by Crippen LogP contribution is -2.20. The lowest BCUT2D eigenvalue weighted by atomic mass is 10.1. The molecule has 1 amide bonds. The van der Waals surface area contributed by atoms with Gasteiger partial charge in [-0.25, -0.2) is 4.98 Å². The number of H-pyrrole nitrogens is 2. The van der Waals surface area contributed by atoms with Gasteiger partial charge in [-0.3, -0.25) is 19.7 Å². The second-order valence-corrected chi connectivity index (χ2v) is 5.67. The van der Waals surface area contributed by atoms with Crippen molar-refractivity contribution in [2.75, 3.05) is 5.32 Å². The molecule has 3 N–H and O–H groups in total. The second kappa shape index (κ2) is 7.08. The van der Waals surface area contributed by atoms with Crippen LogP contribution in [0.2, 0.25) is 0 Å². The molecule has 0 aliphatic heterocycles. The van der Waals surface area contributed by atoms with E-state index in [4.69, 9.17) is 0 Å². The topological polar surface area (TPSA) is 116 Å². The lowest BCUT2D eigenvalue weighted by Gasteiger charge is -2.05. The number of pyridine rings is 1. The molecule has 3 aromatic rings. The summed E-state index contributed by atoms with van der Waals surface area (Å²) in [7, 11) is 0. The molecule has 0 atom stereocenters. The number of hydrogen-bond donors (Lipinski definition) is 3. The molecule has 0 spiro atoms. The molecule has 0 bridgehead atoms. The second-order valence-electron chi connectivity index (χ2n) is 5.67. The zero-order valence-corrected chi connectivity index (χ0v) is 14.0. The van der Waals surface area contributed by atoms with E-state index < -0.39 is 0 Å². The predicted molar refractivity (Wildman–Crippen MR) is 93.1 cm³/mol. The third-order valence-corrected chi connectivity index (χ3v) is 3.76. The number of aromatic nitrogens is 5. The van der Waals surface area contributed by atoms with Gasteiger partial charge < -0.3 is 10.3 Å². The Morgan fingerprint density at radius 3 is 2.88 bits per heavy atom. The minimum Gasteiger partial charge on any atom is -0.311 e. The largest absolute Gasteiger partial charge is 0.311 e. The van der Waals surface area contributed by atoms with Gasteiger partial charge in [0, 0.05) is 41.7 Å². The molecule has 0 radical (unpaired) electrons. The first-order chi connectivity index (χ1) is 12.0. The van der Waals surface area contributed by atoms with Crippen molar-refractivity contribution < 1.29 is 4.79 Å². The van der Waals surface area contributed by atoms with E-state index in [1.807, 2.05) is 12.1 Å². The molecule has 0 unspecified atom stereocenters. The number of nitrogens with zero attached hydrogens (tertiary/aromatic N) is 3. The Balaban J connectivity index is 1.62. The number of carbonyl (C=O) groups excluding carboxylic acids is 1. The summed E-state index contributed by atoms with van der Waals surface area (Å²) in [6.45, 7) is 3.49. The van der Waals surface area contributed by atoms with E-state index >= 15 is 0 Å². The molecule has 0 fully saturated rings. The summed E-state index contributed by atoms with van der Waals surface area (Å²) in [5.74, 6) is 0.773. The molecular weight excluding hydrogens is 320 g/mol. The van der Waals surface area contributed by atoms with Gasteiger partial charge >= 0.3 is 0 Å². The van der Waals surface area contributed by atoms with E-state index in [1.165, 1.54) is 0 Å². The summed E-state index contributed by atoms with van der Waals surface area (Å²) in [5, 5.41) is 9.64. The van der Waals surface area contributed by atoms with Gasteiger partial charge in [0.15, 0.2) is 5.82 Å². The Bertz CT molecular complexity index is 945. The zero-order chi connectivity index (χ0) is 17.8. The van der Waals surface area contributed by atoms with Crippen LogP contribution in [0.15, 0.2) is 35.4 Å². The van der Waals surface area contributed by atoms with Crippen LogP contribution in [0.5, 0.6) is 0 Å². The standard InChI is InChI=1S/C17H18N6O2/c1-10-13(17(25)20-11(2)19-10)5-6-16(24)21-15-8-14(22-23-15)12-4-3-7-18-9-12/h3-4,7-9H,5-6H2,1-2H3,(H,19,20,25)(H2,21,22,23,24). The van der Waals surface area contributed by atoms with E-state index in [9.17, 15) is 9.59 Å². The van der Waals surface area contributed by atoms with Crippen LogP contribution in [-0.2, 0) is 11.2 Å². The van der Waals surface area contributed by atoms with E-state index in [-0.39, 0.29) is 17.9 Å². The molecule has 0 saturated heterocycles. The monoisotopic (exact) mass is 338 g/mol. The molecule has 0 aliphatic rings. The van der Waals surface area contributed by atoms with Gasteiger partial charge in [0.05, 0.1) is 5.69 Å².